The Balaban J connectivity index is 1.99. The van der Waals surface area contributed by atoms with Gasteiger partial charge < -0.3 is 9.67 Å². The molecule has 1 heterocycles. The van der Waals surface area contributed by atoms with E-state index in [4.69, 9.17) is 0 Å². The Morgan fingerprint density at radius 1 is 1.19 bits per heavy atom. The van der Waals surface area contributed by atoms with Crippen LogP contribution in [-0.4, -0.2) is 14.7 Å². The van der Waals surface area contributed by atoms with E-state index in [2.05, 4.69) is 9.55 Å². The summed E-state index contributed by atoms with van der Waals surface area (Å²) in [5, 5.41) is 9.26. The van der Waals surface area contributed by atoms with Crippen molar-refractivity contribution in [3.63, 3.8) is 0 Å². The van der Waals surface area contributed by atoms with Gasteiger partial charge in [-0.15, -0.1) is 0 Å². The first kappa shape index (κ1) is 9.46. The van der Waals surface area contributed by atoms with Crippen molar-refractivity contribution in [2.24, 2.45) is 0 Å². The molecular weight excluding hydrogens is 200 g/mol. The molecule has 0 amide bonds. The first-order valence-corrected chi connectivity index (χ1v) is 5.67. The molecule has 0 aliphatic heterocycles. The highest BCUT2D eigenvalue weighted by molar-refractivity contribution is 5.56. The van der Waals surface area contributed by atoms with Crippen LogP contribution in [-0.2, 0) is 0 Å². The van der Waals surface area contributed by atoms with Gasteiger partial charge in [0, 0.05) is 24.0 Å². The lowest BCUT2D eigenvalue weighted by Gasteiger charge is -2.28. The van der Waals surface area contributed by atoms with Crippen molar-refractivity contribution < 1.29 is 5.11 Å². The quantitative estimate of drug-likeness (QED) is 0.834. The van der Waals surface area contributed by atoms with Crippen molar-refractivity contribution in [3.05, 3.63) is 36.7 Å². The largest absolute Gasteiger partial charge is 0.508 e. The number of rotatable bonds is 2. The number of hydrogen-bond donors (Lipinski definition) is 1. The molecular formula is C13H14N2O. The standard InChI is InChI=1S/C13H14N2O/c16-12-6-4-10(5-7-12)13-14-8-9-15(13)11-2-1-3-11/h4-9,11,16H,1-3H2. The van der Waals surface area contributed by atoms with Gasteiger partial charge in [-0.05, 0) is 43.5 Å². The first-order valence-electron chi connectivity index (χ1n) is 5.67. The first-order chi connectivity index (χ1) is 7.84. The molecule has 1 aliphatic carbocycles. The Morgan fingerprint density at radius 3 is 2.56 bits per heavy atom. The third-order valence-corrected chi connectivity index (χ3v) is 3.26. The van der Waals surface area contributed by atoms with E-state index in [1.165, 1.54) is 19.3 Å². The lowest BCUT2D eigenvalue weighted by atomic mass is 9.92. The molecule has 3 heteroatoms. The van der Waals surface area contributed by atoms with Gasteiger partial charge in [-0.2, -0.15) is 0 Å². The zero-order valence-corrected chi connectivity index (χ0v) is 9.00. The van der Waals surface area contributed by atoms with E-state index in [0.29, 0.717) is 11.8 Å². The molecule has 0 spiro atoms. The summed E-state index contributed by atoms with van der Waals surface area (Å²) in [4.78, 5) is 4.40. The highest BCUT2D eigenvalue weighted by Gasteiger charge is 2.21. The lowest BCUT2D eigenvalue weighted by molar-refractivity contribution is 0.316. The molecule has 1 aliphatic rings. The normalized spacial score (nSPS) is 16.0. The van der Waals surface area contributed by atoms with Gasteiger partial charge in [-0.3, -0.25) is 0 Å². The summed E-state index contributed by atoms with van der Waals surface area (Å²) in [6.45, 7) is 0. The molecule has 3 nitrogen and oxygen atoms in total. The average Bonchev–Trinajstić information content (AvgIpc) is 2.65. The summed E-state index contributed by atoms with van der Waals surface area (Å²) in [5.41, 5.74) is 1.06. The van der Waals surface area contributed by atoms with Gasteiger partial charge >= 0.3 is 0 Å². The molecule has 1 saturated carbocycles. The zero-order valence-electron chi connectivity index (χ0n) is 9.00. The summed E-state index contributed by atoms with van der Waals surface area (Å²) >= 11 is 0. The predicted molar refractivity (Wildman–Crippen MR) is 62.2 cm³/mol. The average molecular weight is 214 g/mol. The fourth-order valence-corrected chi connectivity index (χ4v) is 2.11. The second-order valence-corrected chi connectivity index (χ2v) is 4.29. The Bertz CT molecular complexity index is 483. The van der Waals surface area contributed by atoms with Crippen LogP contribution in [0.1, 0.15) is 25.3 Å². The van der Waals surface area contributed by atoms with Gasteiger partial charge in [0.15, 0.2) is 0 Å². The Labute approximate surface area is 94.4 Å². The molecule has 2 aromatic rings. The van der Waals surface area contributed by atoms with Gasteiger partial charge in [0.25, 0.3) is 0 Å². The van der Waals surface area contributed by atoms with Gasteiger partial charge in [-0.1, -0.05) is 0 Å². The molecule has 82 valence electrons. The molecule has 16 heavy (non-hydrogen) atoms. The maximum Gasteiger partial charge on any atom is 0.140 e. The van der Waals surface area contributed by atoms with Gasteiger partial charge in [0.2, 0.25) is 0 Å². The summed E-state index contributed by atoms with van der Waals surface area (Å²) < 4.78 is 2.25. The molecule has 0 atom stereocenters. The van der Waals surface area contributed by atoms with Gasteiger partial charge in [0.1, 0.15) is 11.6 Å². The third kappa shape index (κ3) is 1.48. The second-order valence-electron chi connectivity index (χ2n) is 4.29. The molecule has 0 radical (unpaired) electrons. The summed E-state index contributed by atoms with van der Waals surface area (Å²) in [6, 6.07) is 7.84. The Morgan fingerprint density at radius 2 is 1.94 bits per heavy atom. The monoisotopic (exact) mass is 214 g/mol. The van der Waals surface area contributed by atoms with Crippen LogP contribution in [0.5, 0.6) is 5.75 Å². The molecule has 0 unspecified atom stereocenters. The Hall–Kier alpha value is -1.77. The smallest absolute Gasteiger partial charge is 0.140 e. The van der Waals surface area contributed by atoms with Crippen molar-refractivity contribution in [2.75, 3.05) is 0 Å². The minimum atomic E-state index is 0.297. The van der Waals surface area contributed by atoms with E-state index in [9.17, 15) is 5.11 Å². The summed E-state index contributed by atoms with van der Waals surface area (Å²) in [5.74, 6) is 1.30. The van der Waals surface area contributed by atoms with E-state index in [1.807, 2.05) is 24.5 Å². The highest BCUT2D eigenvalue weighted by Crippen LogP contribution is 2.34. The number of aromatic hydroxyl groups is 1. The van der Waals surface area contributed by atoms with Crippen LogP contribution in [0.2, 0.25) is 0 Å². The van der Waals surface area contributed by atoms with Crippen molar-refractivity contribution in [2.45, 2.75) is 25.3 Å². The van der Waals surface area contributed by atoms with E-state index in [1.54, 1.807) is 12.1 Å². The Kier molecular flexibility index (Phi) is 2.17. The fraction of sp³-hybridized carbons (Fsp3) is 0.308. The number of phenols is 1. The van der Waals surface area contributed by atoms with Crippen molar-refractivity contribution >= 4 is 0 Å². The minimum absolute atomic E-state index is 0.297. The van der Waals surface area contributed by atoms with Gasteiger partial charge in [-0.25, -0.2) is 4.98 Å². The predicted octanol–water partition coefficient (Wildman–Crippen LogP) is 2.98. The number of nitrogens with zero attached hydrogens (tertiary/aromatic N) is 2. The number of hydrogen-bond acceptors (Lipinski definition) is 2. The number of phenolic OH excluding ortho intramolecular Hbond substituents is 1. The SMILES string of the molecule is Oc1ccc(-c2nccn2C2CCC2)cc1. The molecule has 1 N–H and O–H groups in total. The molecule has 1 aromatic heterocycles. The van der Waals surface area contributed by atoms with Crippen molar-refractivity contribution in [1.82, 2.24) is 9.55 Å². The molecule has 1 aromatic carbocycles. The fourth-order valence-electron chi connectivity index (χ4n) is 2.11. The van der Waals surface area contributed by atoms with Crippen molar-refractivity contribution in [3.8, 4) is 17.1 Å². The third-order valence-electron chi connectivity index (χ3n) is 3.26. The highest BCUT2D eigenvalue weighted by atomic mass is 16.3. The minimum Gasteiger partial charge on any atom is -0.508 e. The van der Waals surface area contributed by atoms with Crippen LogP contribution < -0.4 is 0 Å². The molecule has 0 bridgehead atoms. The number of benzene rings is 1. The molecule has 1 fully saturated rings. The molecule has 0 saturated heterocycles. The van der Waals surface area contributed by atoms with Crippen LogP contribution >= 0.6 is 0 Å². The van der Waals surface area contributed by atoms with E-state index in [0.717, 1.165) is 11.4 Å². The lowest BCUT2D eigenvalue weighted by Crippen LogP contribution is -2.17. The summed E-state index contributed by atoms with van der Waals surface area (Å²) in [6.07, 6.45) is 7.72. The van der Waals surface area contributed by atoms with E-state index >= 15 is 0 Å². The molecule has 3 rings (SSSR count). The van der Waals surface area contributed by atoms with Crippen LogP contribution in [0.4, 0.5) is 0 Å². The van der Waals surface area contributed by atoms with E-state index < -0.39 is 0 Å². The van der Waals surface area contributed by atoms with Crippen LogP contribution in [0.3, 0.4) is 0 Å². The van der Waals surface area contributed by atoms with Gasteiger partial charge in [0.05, 0.1) is 0 Å². The van der Waals surface area contributed by atoms with Crippen LogP contribution in [0.15, 0.2) is 36.7 Å². The number of imidazole rings is 1. The van der Waals surface area contributed by atoms with Crippen LogP contribution in [0.25, 0.3) is 11.4 Å². The van der Waals surface area contributed by atoms with Crippen molar-refractivity contribution in [1.29, 1.82) is 0 Å². The number of aromatic nitrogens is 2. The second kappa shape index (κ2) is 3.67. The summed E-state index contributed by atoms with van der Waals surface area (Å²) in [7, 11) is 0. The van der Waals surface area contributed by atoms with Crippen LogP contribution in [0, 0.1) is 0 Å². The maximum atomic E-state index is 9.26. The van der Waals surface area contributed by atoms with E-state index in [-0.39, 0.29) is 0 Å². The maximum absolute atomic E-state index is 9.26. The zero-order chi connectivity index (χ0) is 11.0. The topological polar surface area (TPSA) is 38.1 Å².